The van der Waals surface area contributed by atoms with Crippen LogP contribution in [-0.2, 0) is 4.79 Å². The number of carbonyl (C=O) groups is 2. The Kier molecular flexibility index (Phi) is 5.18. The number of aryl methyl sites for hydroxylation is 1. The predicted octanol–water partition coefficient (Wildman–Crippen LogP) is 3.04. The standard InChI is InChI=1S/C17H26N4O2S/c1-11-12(2)21(14-7-5-4-6-8-14)17(19-11)24-13(3)15(22)20-10-9-18-16(20)23/h13-14H,4-10H2,1-3H3,(H,18,23). The Hall–Kier alpha value is -1.50. The van der Waals surface area contributed by atoms with E-state index in [1.807, 2.05) is 13.8 Å². The number of rotatable bonds is 4. The molecule has 1 unspecified atom stereocenters. The number of hydrogen-bond acceptors (Lipinski definition) is 4. The summed E-state index contributed by atoms with van der Waals surface area (Å²) in [4.78, 5) is 30.3. The zero-order valence-electron chi connectivity index (χ0n) is 14.7. The van der Waals surface area contributed by atoms with Gasteiger partial charge < -0.3 is 9.88 Å². The number of nitrogens with one attached hydrogen (secondary N) is 1. The molecule has 1 saturated carbocycles. The van der Waals surface area contributed by atoms with Gasteiger partial charge in [0, 0.05) is 24.8 Å². The summed E-state index contributed by atoms with van der Waals surface area (Å²) in [5, 5.41) is 3.27. The Morgan fingerprint density at radius 1 is 1.29 bits per heavy atom. The highest BCUT2D eigenvalue weighted by atomic mass is 32.2. The quantitative estimate of drug-likeness (QED) is 0.848. The van der Waals surface area contributed by atoms with Crippen LogP contribution in [0.3, 0.4) is 0 Å². The first-order valence-corrected chi connectivity index (χ1v) is 9.68. The van der Waals surface area contributed by atoms with Gasteiger partial charge in [0.1, 0.15) is 0 Å². The van der Waals surface area contributed by atoms with Gasteiger partial charge in [-0.25, -0.2) is 9.78 Å². The van der Waals surface area contributed by atoms with Crippen LogP contribution < -0.4 is 5.32 Å². The van der Waals surface area contributed by atoms with Gasteiger partial charge in [0.15, 0.2) is 5.16 Å². The Morgan fingerprint density at radius 3 is 2.62 bits per heavy atom. The normalized spacial score (nSPS) is 20.3. The molecule has 1 atom stereocenters. The van der Waals surface area contributed by atoms with E-state index in [1.54, 1.807) is 0 Å². The molecule has 1 aliphatic carbocycles. The van der Waals surface area contributed by atoms with Crippen LogP contribution in [0.15, 0.2) is 5.16 Å². The van der Waals surface area contributed by atoms with Gasteiger partial charge in [-0.2, -0.15) is 0 Å². The fourth-order valence-corrected chi connectivity index (χ4v) is 4.69. The average molecular weight is 350 g/mol. The molecule has 2 fully saturated rings. The number of hydrogen-bond donors (Lipinski definition) is 1. The fourth-order valence-electron chi connectivity index (χ4n) is 3.56. The fraction of sp³-hybridized carbons (Fsp3) is 0.706. The summed E-state index contributed by atoms with van der Waals surface area (Å²) in [5.41, 5.74) is 2.23. The highest BCUT2D eigenvalue weighted by molar-refractivity contribution is 8.00. The summed E-state index contributed by atoms with van der Waals surface area (Å²) in [6, 6.07) is 0.204. The molecule has 3 amide bonds. The molecule has 1 aliphatic heterocycles. The summed E-state index contributed by atoms with van der Waals surface area (Å²) < 4.78 is 2.33. The van der Waals surface area contributed by atoms with Crippen LogP contribution >= 0.6 is 11.8 Å². The second kappa shape index (κ2) is 7.17. The van der Waals surface area contributed by atoms with Crippen molar-refractivity contribution < 1.29 is 9.59 Å². The maximum absolute atomic E-state index is 12.5. The molecule has 0 radical (unpaired) electrons. The Morgan fingerprint density at radius 2 is 2.00 bits per heavy atom. The van der Waals surface area contributed by atoms with Crippen molar-refractivity contribution >= 4 is 23.7 Å². The van der Waals surface area contributed by atoms with Crippen molar-refractivity contribution in [3.05, 3.63) is 11.4 Å². The number of carbonyl (C=O) groups excluding carboxylic acids is 2. The van der Waals surface area contributed by atoms with E-state index in [0.717, 1.165) is 10.9 Å². The van der Waals surface area contributed by atoms with Gasteiger partial charge in [-0.15, -0.1) is 0 Å². The van der Waals surface area contributed by atoms with Gasteiger partial charge in [-0.1, -0.05) is 31.0 Å². The number of amides is 3. The molecule has 0 bridgehead atoms. The van der Waals surface area contributed by atoms with Crippen molar-refractivity contribution in [1.82, 2.24) is 19.8 Å². The predicted molar refractivity (Wildman–Crippen MR) is 94.3 cm³/mol. The SMILES string of the molecule is Cc1nc(SC(C)C(=O)N2CCNC2=O)n(C2CCCCC2)c1C. The maximum atomic E-state index is 12.5. The lowest BCUT2D eigenvalue weighted by Gasteiger charge is -2.26. The molecule has 7 heteroatoms. The summed E-state index contributed by atoms with van der Waals surface area (Å²) >= 11 is 1.48. The number of aromatic nitrogens is 2. The second-order valence-corrected chi connectivity index (χ2v) is 8.02. The first-order chi connectivity index (χ1) is 11.5. The van der Waals surface area contributed by atoms with Crippen LogP contribution in [0.5, 0.6) is 0 Å². The van der Waals surface area contributed by atoms with Gasteiger partial charge in [-0.05, 0) is 33.6 Å². The lowest BCUT2D eigenvalue weighted by Crippen LogP contribution is -2.39. The van der Waals surface area contributed by atoms with Crippen LogP contribution in [0, 0.1) is 13.8 Å². The molecule has 1 saturated heterocycles. The Labute approximate surface area is 147 Å². The number of thioether (sulfide) groups is 1. The third-order valence-corrected chi connectivity index (χ3v) is 6.10. The Bertz CT molecular complexity index is 637. The zero-order valence-corrected chi connectivity index (χ0v) is 15.5. The van der Waals surface area contributed by atoms with Crippen LogP contribution in [0.4, 0.5) is 4.79 Å². The third-order valence-electron chi connectivity index (χ3n) is 5.05. The molecule has 1 aromatic rings. The minimum Gasteiger partial charge on any atom is -0.336 e. The molecule has 132 valence electrons. The van der Waals surface area contributed by atoms with Gasteiger partial charge in [0.25, 0.3) is 0 Å². The minimum atomic E-state index is -0.322. The van der Waals surface area contributed by atoms with Crippen LogP contribution in [0.25, 0.3) is 0 Å². The van der Waals surface area contributed by atoms with Gasteiger partial charge in [0.2, 0.25) is 5.91 Å². The summed E-state index contributed by atoms with van der Waals surface area (Å²) in [5.74, 6) is -0.136. The van der Waals surface area contributed by atoms with Crippen molar-refractivity contribution in [2.45, 2.75) is 69.3 Å². The van der Waals surface area contributed by atoms with E-state index in [-0.39, 0.29) is 17.2 Å². The van der Waals surface area contributed by atoms with E-state index in [0.29, 0.717) is 19.1 Å². The van der Waals surface area contributed by atoms with Crippen LogP contribution in [0.1, 0.15) is 56.5 Å². The highest BCUT2D eigenvalue weighted by Gasteiger charge is 2.32. The van der Waals surface area contributed by atoms with E-state index in [2.05, 4.69) is 16.8 Å². The minimum absolute atomic E-state index is 0.136. The number of imidazole rings is 1. The molecular formula is C17H26N4O2S. The largest absolute Gasteiger partial charge is 0.336 e. The summed E-state index contributed by atoms with van der Waals surface area (Å²) in [7, 11) is 0. The molecule has 24 heavy (non-hydrogen) atoms. The van der Waals surface area contributed by atoms with Gasteiger partial charge in [-0.3, -0.25) is 9.69 Å². The number of imide groups is 1. The molecule has 0 spiro atoms. The zero-order chi connectivity index (χ0) is 17.3. The maximum Gasteiger partial charge on any atom is 0.324 e. The average Bonchev–Trinajstić information content (AvgIpc) is 3.11. The molecular weight excluding hydrogens is 324 g/mol. The van der Waals surface area contributed by atoms with Crippen molar-refractivity contribution in [2.75, 3.05) is 13.1 Å². The van der Waals surface area contributed by atoms with Gasteiger partial charge in [0.05, 0.1) is 10.9 Å². The van der Waals surface area contributed by atoms with E-state index in [9.17, 15) is 9.59 Å². The molecule has 2 heterocycles. The molecule has 6 nitrogen and oxygen atoms in total. The van der Waals surface area contributed by atoms with E-state index in [4.69, 9.17) is 4.98 Å². The van der Waals surface area contributed by atoms with Crippen molar-refractivity contribution in [2.24, 2.45) is 0 Å². The summed E-state index contributed by atoms with van der Waals surface area (Å²) in [6.45, 7) is 7.00. The van der Waals surface area contributed by atoms with Crippen molar-refractivity contribution in [3.63, 3.8) is 0 Å². The van der Waals surface area contributed by atoms with Crippen LogP contribution in [0.2, 0.25) is 0 Å². The Balaban J connectivity index is 1.77. The molecule has 1 N–H and O–H groups in total. The number of urea groups is 1. The van der Waals surface area contributed by atoms with Crippen LogP contribution in [-0.4, -0.2) is 44.7 Å². The van der Waals surface area contributed by atoms with Crippen molar-refractivity contribution in [3.8, 4) is 0 Å². The van der Waals surface area contributed by atoms with E-state index in [1.165, 1.54) is 54.5 Å². The smallest absolute Gasteiger partial charge is 0.324 e. The van der Waals surface area contributed by atoms with E-state index < -0.39 is 0 Å². The number of nitrogens with zero attached hydrogens (tertiary/aromatic N) is 3. The first-order valence-electron chi connectivity index (χ1n) is 8.80. The third kappa shape index (κ3) is 3.31. The molecule has 0 aromatic carbocycles. The monoisotopic (exact) mass is 350 g/mol. The second-order valence-electron chi connectivity index (χ2n) is 6.71. The highest BCUT2D eigenvalue weighted by Crippen LogP contribution is 2.35. The van der Waals surface area contributed by atoms with Crippen molar-refractivity contribution in [1.29, 1.82) is 0 Å². The molecule has 2 aliphatic rings. The lowest BCUT2D eigenvalue weighted by molar-refractivity contribution is -0.126. The first kappa shape index (κ1) is 17.3. The topological polar surface area (TPSA) is 67.2 Å². The molecule has 3 rings (SSSR count). The summed E-state index contributed by atoms with van der Waals surface area (Å²) in [6.07, 6.45) is 6.19. The van der Waals surface area contributed by atoms with Gasteiger partial charge >= 0.3 is 6.03 Å². The lowest BCUT2D eigenvalue weighted by atomic mass is 9.95. The molecule has 1 aromatic heterocycles. The van der Waals surface area contributed by atoms with E-state index >= 15 is 0 Å².